The van der Waals surface area contributed by atoms with Crippen molar-refractivity contribution in [2.24, 2.45) is 0 Å². The summed E-state index contributed by atoms with van der Waals surface area (Å²) in [5, 5.41) is 25.1. The summed E-state index contributed by atoms with van der Waals surface area (Å²) in [6.07, 6.45) is 2.38. The number of carbonyl (C=O) groups is 2. The van der Waals surface area contributed by atoms with Crippen molar-refractivity contribution < 1.29 is 24.2 Å². The lowest BCUT2D eigenvalue weighted by molar-refractivity contribution is 0.0864. The lowest BCUT2D eigenvalue weighted by Crippen LogP contribution is -2.38. The third-order valence-corrected chi connectivity index (χ3v) is 5.19. The number of rotatable bonds is 6. The topological polar surface area (TPSA) is 112 Å². The van der Waals surface area contributed by atoms with Gasteiger partial charge in [-0.1, -0.05) is 30.3 Å². The number of nitrogens with one attached hydrogen (secondary N) is 2. The minimum Gasteiger partial charge on any atom is -0.454 e. The van der Waals surface area contributed by atoms with Crippen molar-refractivity contribution in [3.63, 3.8) is 0 Å². The van der Waals surface area contributed by atoms with E-state index in [2.05, 4.69) is 10.6 Å². The fourth-order valence-electron chi connectivity index (χ4n) is 3.58. The van der Waals surface area contributed by atoms with E-state index in [0.717, 1.165) is 5.56 Å². The molecule has 0 unspecified atom stereocenters. The molecule has 2 aromatic rings. The van der Waals surface area contributed by atoms with Gasteiger partial charge in [-0.15, -0.1) is 0 Å². The zero-order valence-corrected chi connectivity index (χ0v) is 15.9. The Morgan fingerprint density at radius 2 is 1.82 bits per heavy atom. The third-order valence-electron chi connectivity index (χ3n) is 5.19. The SMILES string of the molecule is CNC(=O)c1cc(C(=O)N[C@H]2CC[C@H](O)CC2)c([C@@H](CO)c2ccccc2)o1. The van der Waals surface area contributed by atoms with Gasteiger partial charge in [-0.25, -0.2) is 0 Å². The van der Waals surface area contributed by atoms with Gasteiger partial charge in [-0.2, -0.15) is 0 Å². The fraction of sp³-hybridized carbons (Fsp3) is 0.429. The largest absolute Gasteiger partial charge is 0.454 e. The summed E-state index contributed by atoms with van der Waals surface area (Å²) in [4.78, 5) is 25.0. The van der Waals surface area contributed by atoms with E-state index in [1.165, 1.54) is 13.1 Å². The predicted octanol–water partition coefficient (Wildman–Crippen LogP) is 1.80. The van der Waals surface area contributed by atoms with Gasteiger partial charge >= 0.3 is 0 Å². The molecule has 0 spiro atoms. The summed E-state index contributed by atoms with van der Waals surface area (Å²) in [5.74, 6) is -1.05. The summed E-state index contributed by atoms with van der Waals surface area (Å²) < 4.78 is 5.73. The molecule has 0 radical (unpaired) electrons. The van der Waals surface area contributed by atoms with E-state index < -0.39 is 11.8 Å². The number of hydrogen-bond acceptors (Lipinski definition) is 5. The fourth-order valence-corrected chi connectivity index (χ4v) is 3.58. The molecule has 1 atom stereocenters. The van der Waals surface area contributed by atoms with E-state index in [9.17, 15) is 19.8 Å². The molecule has 4 N–H and O–H groups in total. The molecule has 0 aliphatic heterocycles. The molecular weight excluding hydrogens is 360 g/mol. The van der Waals surface area contributed by atoms with Gasteiger partial charge in [0.1, 0.15) is 5.76 Å². The highest BCUT2D eigenvalue weighted by atomic mass is 16.4. The monoisotopic (exact) mass is 386 g/mol. The quantitative estimate of drug-likeness (QED) is 0.605. The number of carbonyl (C=O) groups excluding carboxylic acids is 2. The molecule has 1 saturated carbocycles. The summed E-state index contributed by atoms with van der Waals surface area (Å²) in [6, 6.07) is 10.6. The molecule has 3 rings (SSSR count). The van der Waals surface area contributed by atoms with Crippen LogP contribution in [0.4, 0.5) is 0 Å². The van der Waals surface area contributed by atoms with Gasteiger partial charge < -0.3 is 25.3 Å². The molecule has 1 aliphatic carbocycles. The van der Waals surface area contributed by atoms with Crippen LogP contribution in [0.25, 0.3) is 0 Å². The molecule has 1 aromatic heterocycles. The van der Waals surface area contributed by atoms with Crippen LogP contribution in [0.1, 0.15) is 63.8 Å². The van der Waals surface area contributed by atoms with Crippen molar-refractivity contribution in [3.05, 3.63) is 59.0 Å². The summed E-state index contributed by atoms with van der Waals surface area (Å²) in [6.45, 7) is -0.263. The number of hydrogen-bond donors (Lipinski definition) is 4. The number of aliphatic hydroxyl groups excluding tert-OH is 2. The van der Waals surface area contributed by atoms with Crippen molar-refractivity contribution in [1.82, 2.24) is 10.6 Å². The van der Waals surface area contributed by atoms with Crippen molar-refractivity contribution in [2.45, 2.75) is 43.7 Å². The van der Waals surface area contributed by atoms with Crippen LogP contribution in [0.2, 0.25) is 0 Å². The van der Waals surface area contributed by atoms with Crippen LogP contribution in [0.15, 0.2) is 40.8 Å². The van der Waals surface area contributed by atoms with Gasteiger partial charge in [0.2, 0.25) is 0 Å². The van der Waals surface area contributed by atoms with Crippen molar-refractivity contribution in [3.8, 4) is 0 Å². The summed E-state index contributed by atoms with van der Waals surface area (Å²) in [5.41, 5.74) is 1.03. The zero-order chi connectivity index (χ0) is 20.1. The molecular formula is C21H26N2O5. The number of aliphatic hydroxyl groups is 2. The first kappa shape index (κ1) is 20.1. The number of amides is 2. The predicted molar refractivity (Wildman–Crippen MR) is 103 cm³/mol. The first-order valence-corrected chi connectivity index (χ1v) is 9.54. The minimum atomic E-state index is -0.562. The highest BCUT2D eigenvalue weighted by Crippen LogP contribution is 2.30. The highest BCUT2D eigenvalue weighted by molar-refractivity contribution is 5.99. The average molecular weight is 386 g/mol. The Bertz CT molecular complexity index is 809. The van der Waals surface area contributed by atoms with Crippen LogP contribution in [0, 0.1) is 0 Å². The number of benzene rings is 1. The molecule has 1 fully saturated rings. The second-order valence-electron chi connectivity index (χ2n) is 7.09. The van der Waals surface area contributed by atoms with Crippen LogP contribution in [0.3, 0.4) is 0 Å². The second kappa shape index (κ2) is 9.03. The van der Waals surface area contributed by atoms with Crippen LogP contribution in [0.5, 0.6) is 0 Å². The molecule has 0 saturated heterocycles. The molecule has 1 heterocycles. The van der Waals surface area contributed by atoms with E-state index in [0.29, 0.717) is 25.7 Å². The lowest BCUT2D eigenvalue weighted by Gasteiger charge is -2.26. The maximum absolute atomic E-state index is 12.9. The Labute approximate surface area is 163 Å². The Kier molecular flexibility index (Phi) is 6.49. The molecule has 1 aliphatic rings. The maximum Gasteiger partial charge on any atom is 0.286 e. The van der Waals surface area contributed by atoms with Crippen LogP contribution < -0.4 is 10.6 Å². The van der Waals surface area contributed by atoms with E-state index >= 15 is 0 Å². The summed E-state index contributed by atoms with van der Waals surface area (Å²) in [7, 11) is 1.48. The normalized spacial score (nSPS) is 20.4. The van der Waals surface area contributed by atoms with E-state index in [-0.39, 0.29) is 41.7 Å². The first-order chi connectivity index (χ1) is 13.5. The lowest BCUT2D eigenvalue weighted by atomic mass is 9.92. The van der Waals surface area contributed by atoms with E-state index in [1.54, 1.807) is 0 Å². The van der Waals surface area contributed by atoms with Crippen molar-refractivity contribution >= 4 is 11.8 Å². The van der Waals surface area contributed by atoms with Crippen LogP contribution >= 0.6 is 0 Å². The molecule has 28 heavy (non-hydrogen) atoms. The first-order valence-electron chi connectivity index (χ1n) is 9.54. The Morgan fingerprint density at radius 3 is 2.43 bits per heavy atom. The van der Waals surface area contributed by atoms with E-state index in [4.69, 9.17) is 4.42 Å². The van der Waals surface area contributed by atoms with Crippen LogP contribution in [-0.2, 0) is 0 Å². The Morgan fingerprint density at radius 1 is 1.14 bits per heavy atom. The molecule has 1 aromatic carbocycles. The van der Waals surface area contributed by atoms with Gasteiger partial charge in [0.15, 0.2) is 5.76 Å². The molecule has 7 nitrogen and oxygen atoms in total. The number of furan rings is 1. The van der Waals surface area contributed by atoms with Gasteiger partial charge in [-0.3, -0.25) is 9.59 Å². The Hall–Kier alpha value is -2.64. The van der Waals surface area contributed by atoms with Gasteiger partial charge in [0, 0.05) is 19.2 Å². The Balaban J connectivity index is 1.91. The van der Waals surface area contributed by atoms with E-state index in [1.807, 2.05) is 30.3 Å². The molecule has 150 valence electrons. The molecule has 2 amide bonds. The molecule has 7 heteroatoms. The smallest absolute Gasteiger partial charge is 0.286 e. The average Bonchev–Trinajstić information content (AvgIpc) is 3.16. The van der Waals surface area contributed by atoms with Crippen molar-refractivity contribution in [2.75, 3.05) is 13.7 Å². The molecule has 0 bridgehead atoms. The van der Waals surface area contributed by atoms with Gasteiger partial charge in [0.25, 0.3) is 11.8 Å². The second-order valence-corrected chi connectivity index (χ2v) is 7.09. The zero-order valence-electron chi connectivity index (χ0n) is 15.9. The summed E-state index contributed by atoms with van der Waals surface area (Å²) >= 11 is 0. The van der Waals surface area contributed by atoms with Crippen LogP contribution in [-0.4, -0.2) is 47.8 Å². The minimum absolute atomic E-state index is 0.0242. The third kappa shape index (κ3) is 4.43. The van der Waals surface area contributed by atoms with Gasteiger partial charge in [-0.05, 0) is 31.2 Å². The van der Waals surface area contributed by atoms with Gasteiger partial charge in [0.05, 0.1) is 24.2 Å². The highest BCUT2D eigenvalue weighted by Gasteiger charge is 2.29. The van der Waals surface area contributed by atoms with Crippen molar-refractivity contribution in [1.29, 1.82) is 0 Å². The maximum atomic E-state index is 12.9. The standard InChI is InChI=1S/C21H26N2O5/c1-22-21(27)18-11-16(20(26)23-14-7-9-15(25)10-8-14)19(28-18)17(12-24)13-5-3-2-4-6-13/h2-6,11,14-15,17,24-25H,7-10,12H2,1H3,(H,22,27)(H,23,26)/t14-,15-,17-/m0/s1.